The van der Waals surface area contributed by atoms with Crippen LogP contribution in [-0.2, 0) is 0 Å². The number of nitrogens with zero attached hydrogens (tertiary/aromatic N) is 4. The highest BCUT2D eigenvalue weighted by Gasteiger charge is 2.16. The minimum atomic E-state index is 0.514. The van der Waals surface area contributed by atoms with E-state index in [0.717, 1.165) is 50.4 Å². The van der Waals surface area contributed by atoms with E-state index in [-0.39, 0.29) is 0 Å². The zero-order chi connectivity index (χ0) is 30.2. The summed E-state index contributed by atoms with van der Waals surface area (Å²) in [5.74, 6) is 1.10. The molecule has 0 aliphatic carbocycles. The Morgan fingerprint density at radius 1 is 0.467 bits per heavy atom. The molecule has 0 bridgehead atoms. The molecule has 0 unspecified atom stereocenters. The van der Waals surface area contributed by atoms with E-state index in [0.29, 0.717) is 23.1 Å². The second-order valence-electron chi connectivity index (χ2n) is 10.6. The predicted molar refractivity (Wildman–Crippen MR) is 179 cm³/mol. The summed E-state index contributed by atoms with van der Waals surface area (Å²) < 4.78 is 12.0. The summed E-state index contributed by atoms with van der Waals surface area (Å²) in [6.45, 7) is 7.28. The summed E-state index contributed by atoms with van der Waals surface area (Å²) in [4.78, 5) is 15.0. The van der Waals surface area contributed by atoms with Crippen LogP contribution in [-0.4, -0.2) is 9.97 Å². The van der Waals surface area contributed by atoms with E-state index in [4.69, 9.17) is 15.4 Å². The Morgan fingerprint density at radius 2 is 0.956 bits per heavy atom. The van der Waals surface area contributed by atoms with Crippen molar-refractivity contribution >= 4 is 44.9 Å². The highest BCUT2D eigenvalue weighted by atomic mass is 16.4. The summed E-state index contributed by atoms with van der Waals surface area (Å²) >= 11 is 0. The molecule has 0 N–H and O–H groups in total. The van der Waals surface area contributed by atoms with E-state index in [9.17, 15) is 0 Å². The third kappa shape index (κ3) is 4.99. The van der Waals surface area contributed by atoms with E-state index in [1.807, 2.05) is 60.7 Å². The van der Waals surface area contributed by atoms with Gasteiger partial charge in [-0.2, -0.15) is 0 Å². The molecule has 0 fully saturated rings. The van der Waals surface area contributed by atoms with E-state index >= 15 is 0 Å². The largest absolute Gasteiger partial charge is 0.437 e. The molecule has 2 heterocycles. The average molecular weight is 581 g/mol. The van der Waals surface area contributed by atoms with Crippen LogP contribution in [0.5, 0.6) is 0 Å². The highest BCUT2D eigenvalue weighted by Crippen LogP contribution is 2.38. The minimum absolute atomic E-state index is 0.514. The molecule has 0 aliphatic rings. The van der Waals surface area contributed by atoms with Crippen molar-refractivity contribution < 1.29 is 8.83 Å². The lowest BCUT2D eigenvalue weighted by Gasteiger charge is -2.26. The van der Waals surface area contributed by atoms with Crippen LogP contribution in [0.25, 0.3) is 61.1 Å². The maximum absolute atomic E-state index is 7.28. The number of hydrogen-bond acceptors (Lipinski definition) is 5. The number of anilines is 3. The van der Waals surface area contributed by atoms with Crippen LogP contribution in [0.4, 0.5) is 22.7 Å². The Morgan fingerprint density at radius 3 is 1.53 bits per heavy atom. The van der Waals surface area contributed by atoms with Gasteiger partial charge in [-0.25, -0.2) is 14.8 Å². The summed E-state index contributed by atoms with van der Waals surface area (Å²) in [5.41, 5.74) is 10.5. The maximum atomic E-state index is 7.28. The third-order valence-electron chi connectivity index (χ3n) is 7.77. The van der Waals surface area contributed by atoms with Crippen molar-refractivity contribution in [2.24, 2.45) is 0 Å². The predicted octanol–water partition coefficient (Wildman–Crippen LogP) is 11.0. The van der Waals surface area contributed by atoms with Gasteiger partial charge in [-0.3, -0.25) is 0 Å². The Bertz CT molecular complexity index is 2280. The number of aromatic nitrogens is 2. The standard InChI is InChI=1S/C39H24N4O2/c1-40-30-17-24-35-37(25-30)45-39(42-35)29-15-22-33(23-16-29)43(31-18-11-27(12-19-31)26-7-3-2-4-8-26)32-20-13-28(14-21-32)38-41-34-9-5-6-10-36(34)44-38/h2-25H. The second-order valence-corrected chi connectivity index (χ2v) is 10.6. The van der Waals surface area contributed by atoms with Crippen LogP contribution in [0.1, 0.15) is 0 Å². The molecule has 6 heteroatoms. The number of benzene rings is 6. The molecule has 6 nitrogen and oxygen atoms in total. The van der Waals surface area contributed by atoms with Gasteiger partial charge in [0.15, 0.2) is 11.3 Å². The van der Waals surface area contributed by atoms with Crippen molar-refractivity contribution in [1.82, 2.24) is 9.97 Å². The molecule has 0 saturated heterocycles. The van der Waals surface area contributed by atoms with Gasteiger partial charge in [-0.05, 0) is 96.1 Å². The fraction of sp³-hybridized carbons (Fsp3) is 0. The van der Waals surface area contributed by atoms with Gasteiger partial charge >= 0.3 is 0 Å². The molecule has 212 valence electrons. The van der Waals surface area contributed by atoms with Crippen LogP contribution in [0.2, 0.25) is 0 Å². The molecule has 0 saturated carbocycles. The van der Waals surface area contributed by atoms with Crippen molar-refractivity contribution in [3.8, 4) is 34.0 Å². The van der Waals surface area contributed by atoms with E-state index < -0.39 is 0 Å². The molecule has 45 heavy (non-hydrogen) atoms. The number of fused-ring (bicyclic) bond motifs is 2. The van der Waals surface area contributed by atoms with Crippen LogP contribution in [0, 0.1) is 6.57 Å². The first-order valence-corrected chi connectivity index (χ1v) is 14.5. The molecule has 8 rings (SSSR count). The second kappa shape index (κ2) is 11.0. The van der Waals surface area contributed by atoms with Gasteiger partial charge < -0.3 is 13.7 Å². The molecule has 0 aliphatic heterocycles. The lowest BCUT2D eigenvalue weighted by Crippen LogP contribution is -2.09. The molecule has 0 amide bonds. The van der Waals surface area contributed by atoms with Crippen molar-refractivity contribution in [2.45, 2.75) is 0 Å². The molecule has 8 aromatic rings. The summed E-state index contributed by atoms with van der Waals surface area (Å²) in [6, 6.07) is 48.4. The van der Waals surface area contributed by atoms with Gasteiger partial charge in [0.1, 0.15) is 16.6 Å². The lowest BCUT2D eigenvalue weighted by molar-refractivity contribution is 0.619. The zero-order valence-electron chi connectivity index (χ0n) is 24.0. The first kappa shape index (κ1) is 26.2. The van der Waals surface area contributed by atoms with Crippen molar-refractivity contribution in [3.63, 3.8) is 0 Å². The molecule has 0 atom stereocenters. The Labute approximate surface area is 259 Å². The number of oxazole rings is 2. The fourth-order valence-electron chi connectivity index (χ4n) is 5.49. The number of hydrogen-bond donors (Lipinski definition) is 0. The van der Waals surface area contributed by atoms with Crippen molar-refractivity contribution in [1.29, 1.82) is 0 Å². The fourth-order valence-corrected chi connectivity index (χ4v) is 5.49. The van der Waals surface area contributed by atoms with Crippen LogP contribution >= 0.6 is 0 Å². The van der Waals surface area contributed by atoms with Crippen molar-refractivity contribution in [3.05, 3.63) is 157 Å². The Kier molecular flexibility index (Phi) is 6.40. The molecular weight excluding hydrogens is 556 g/mol. The molecule has 0 radical (unpaired) electrons. The van der Waals surface area contributed by atoms with Gasteiger partial charge in [0, 0.05) is 28.2 Å². The summed E-state index contributed by atoms with van der Waals surface area (Å²) in [6.07, 6.45) is 0. The minimum Gasteiger partial charge on any atom is -0.437 e. The first-order chi connectivity index (χ1) is 22.2. The average Bonchev–Trinajstić information content (AvgIpc) is 3.74. The van der Waals surface area contributed by atoms with E-state index in [1.165, 1.54) is 5.56 Å². The van der Waals surface area contributed by atoms with Gasteiger partial charge in [0.2, 0.25) is 11.8 Å². The maximum Gasteiger partial charge on any atom is 0.227 e. The number of para-hydroxylation sites is 2. The zero-order valence-corrected chi connectivity index (χ0v) is 24.0. The SMILES string of the molecule is [C-]#[N+]c1ccc2nc(-c3ccc(N(c4ccc(-c5ccccc5)cc4)c4ccc(-c5nc6ccccc6o5)cc4)cc3)oc2c1. The molecule has 6 aromatic carbocycles. The lowest BCUT2D eigenvalue weighted by atomic mass is 10.0. The van der Waals surface area contributed by atoms with Crippen LogP contribution in [0.15, 0.2) is 154 Å². The van der Waals surface area contributed by atoms with Gasteiger partial charge in [-0.1, -0.05) is 60.7 Å². The summed E-state index contributed by atoms with van der Waals surface area (Å²) in [7, 11) is 0. The number of rotatable bonds is 6. The van der Waals surface area contributed by atoms with Gasteiger partial charge in [-0.15, -0.1) is 0 Å². The molecular formula is C39H24N4O2. The smallest absolute Gasteiger partial charge is 0.227 e. The Balaban J connectivity index is 1.16. The molecule has 2 aromatic heterocycles. The normalized spacial score (nSPS) is 11.1. The van der Waals surface area contributed by atoms with E-state index in [1.54, 1.807) is 12.1 Å². The highest BCUT2D eigenvalue weighted by molar-refractivity contribution is 5.83. The van der Waals surface area contributed by atoms with Crippen LogP contribution < -0.4 is 4.90 Å². The third-order valence-corrected chi connectivity index (χ3v) is 7.77. The summed E-state index contributed by atoms with van der Waals surface area (Å²) in [5, 5.41) is 0. The topological polar surface area (TPSA) is 59.7 Å². The first-order valence-electron chi connectivity index (χ1n) is 14.5. The van der Waals surface area contributed by atoms with Gasteiger partial charge in [0.05, 0.1) is 6.57 Å². The van der Waals surface area contributed by atoms with Crippen molar-refractivity contribution in [2.75, 3.05) is 4.90 Å². The quantitative estimate of drug-likeness (QED) is 0.183. The van der Waals surface area contributed by atoms with Gasteiger partial charge in [0.25, 0.3) is 0 Å². The monoisotopic (exact) mass is 580 g/mol. The van der Waals surface area contributed by atoms with E-state index in [2.05, 4.69) is 92.5 Å². The van der Waals surface area contributed by atoms with Crippen LogP contribution in [0.3, 0.4) is 0 Å². The molecule has 0 spiro atoms. The Hall–Kier alpha value is -6.45.